The Bertz CT molecular complexity index is 545. The lowest BCUT2D eigenvalue weighted by Crippen LogP contribution is -2.52. The van der Waals surface area contributed by atoms with Crippen LogP contribution in [-0.2, 0) is 9.59 Å². The molecule has 0 radical (unpaired) electrons. The van der Waals surface area contributed by atoms with Crippen LogP contribution in [-0.4, -0.2) is 66.1 Å². The second-order valence-corrected chi connectivity index (χ2v) is 7.79. The first-order valence-electron chi connectivity index (χ1n) is 9.09. The van der Waals surface area contributed by atoms with E-state index in [1.165, 1.54) is 0 Å². The van der Waals surface area contributed by atoms with E-state index in [0.717, 1.165) is 37.4 Å². The first kappa shape index (κ1) is 19.8. The molecule has 0 saturated carbocycles. The number of amides is 2. The van der Waals surface area contributed by atoms with Crippen LogP contribution in [0.4, 0.5) is 0 Å². The van der Waals surface area contributed by atoms with Crippen LogP contribution in [0.5, 0.6) is 0 Å². The van der Waals surface area contributed by atoms with Gasteiger partial charge in [-0.25, -0.2) is 0 Å². The fourth-order valence-corrected chi connectivity index (χ4v) is 3.77. The Hall–Kier alpha value is -1.53. The largest absolute Gasteiger partial charge is 0.355 e. The van der Waals surface area contributed by atoms with Crippen molar-refractivity contribution in [2.45, 2.75) is 36.8 Å². The molecule has 1 aliphatic rings. The standard InChI is InChI=1S/C19H29N3O2S/c1-3-4-10-20-18(23)15-21-11-13-22(14-12-21)19(24)16(2)25-17-8-6-5-7-9-17/h5-9,16H,3-4,10-15H2,1-2H3,(H,20,23). The Labute approximate surface area is 155 Å². The van der Waals surface area contributed by atoms with Crippen LogP contribution in [0, 0.1) is 0 Å². The number of piperazine rings is 1. The highest BCUT2D eigenvalue weighted by Crippen LogP contribution is 2.24. The van der Waals surface area contributed by atoms with Crippen molar-refractivity contribution in [1.82, 2.24) is 15.1 Å². The van der Waals surface area contributed by atoms with E-state index < -0.39 is 0 Å². The molecule has 1 aromatic carbocycles. The molecule has 25 heavy (non-hydrogen) atoms. The van der Waals surface area contributed by atoms with E-state index in [1.807, 2.05) is 42.2 Å². The Kier molecular flexibility index (Phi) is 8.28. The molecule has 1 heterocycles. The summed E-state index contributed by atoms with van der Waals surface area (Å²) in [5, 5.41) is 2.85. The van der Waals surface area contributed by atoms with Gasteiger partial charge in [0.05, 0.1) is 11.8 Å². The molecule has 5 nitrogen and oxygen atoms in total. The molecule has 0 aromatic heterocycles. The number of benzene rings is 1. The van der Waals surface area contributed by atoms with Crippen molar-refractivity contribution in [2.24, 2.45) is 0 Å². The Morgan fingerprint density at radius 2 is 1.84 bits per heavy atom. The minimum Gasteiger partial charge on any atom is -0.355 e. The molecule has 1 unspecified atom stereocenters. The Balaban J connectivity index is 1.71. The summed E-state index contributed by atoms with van der Waals surface area (Å²) in [4.78, 5) is 29.7. The molecule has 1 fully saturated rings. The molecule has 1 aliphatic heterocycles. The van der Waals surface area contributed by atoms with E-state index in [1.54, 1.807) is 11.8 Å². The van der Waals surface area contributed by atoms with Crippen LogP contribution in [0.2, 0.25) is 0 Å². The number of hydrogen-bond acceptors (Lipinski definition) is 4. The molecule has 2 rings (SSSR count). The van der Waals surface area contributed by atoms with Gasteiger partial charge in [0.25, 0.3) is 0 Å². The van der Waals surface area contributed by atoms with Gasteiger partial charge in [-0.1, -0.05) is 31.5 Å². The maximum atomic E-state index is 12.6. The first-order valence-corrected chi connectivity index (χ1v) is 9.97. The predicted octanol–water partition coefficient (Wildman–Crippen LogP) is 2.23. The summed E-state index contributed by atoms with van der Waals surface area (Å²) in [6.07, 6.45) is 2.10. The van der Waals surface area contributed by atoms with Gasteiger partial charge in [0, 0.05) is 37.6 Å². The summed E-state index contributed by atoms with van der Waals surface area (Å²) in [6, 6.07) is 10.0. The average Bonchev–Trinajstić information content (AvgIpc) is 2.63. The number of thioether (sulfide) groups is 1. The Morgan fingerprint density at radius 3 is 2.48 bits per heavy atom. The molecule has 1 saturated heterocycles. The summed E-state index contributed by atoms with van der Waals surface area (Å²) >= 11 is 1.60. The van der Waals surface area contributed by atoms with Gasteiger partial charge in [-0.15, -0.1) is 11.8 Å². The highest BCUT2D eigenvalue weighted by molar-refractivity contribution is 8.00. The van der Waals surface area contributed by atoms with E-state index in [0.29, 0.717) is 19.6 Å². The molecule has 1 atom stereocenters. The number of carbonyl (C=O) groups excluding carboxylic acids is 2. The van der Waals surface area contributed by atoms with Gasteiger partial charge in [0.2, 0.25) is 11.8 Å². The smallest absolute Gasteiger partial charge is 0.235 e. The lowest BCUT2D eigenvalue weighted by molar-refractivity contribution is -0.132. The number of unbranched alkanes of at least 4 members (excludes halogenated alkanes) is 1. The molecular formula is C19H29N3O2S. The molecule has 0 bridgehead atoms. The van der Waals surface area contributed by atoms with Crippen LogP contribution >= 0.6 is 11.8 Å². The van der Waals surface area contributed by atoms with E-state index >= 15 is 0 Å². The van der Waals surface area contributed by atoms with Crippen molar-refractivity contribution in [3.63, 3.8) is 0 Å². The zero-order valence-electron chi connectivity index (χ0n) is 15.2. The maximum Gasteiger partial charge on any atom is 0.235 e. The average molecular weight is 364 g/mol. The van der Waals surface area contributed by atoms with Crippen molar-refractivity contribution in [3.8, 4) is 0 Å². The lowest BCUT2D eigenvalue weighted by atomic mass is 10.2. The third-order valence-electron chi connectivity index (χ3n) is 4.31. The number of nitrogens with zero attached hydrogens (tertiary/aromatic N) is 2. The van der Waals surface area contributed by atoms with Gasteiger partial charge in [-0.3, -0.25) is 14.5 Å². The summed E-state index contributed by atoms with van der Waals surface area (Å²) in [6.45, 7) is 8.17. The normalized spacial score (nSPS) is 16.5. The van der Waals surface area contributed by atoms with Crippen molar-refractivity contribution in [2.75, 3.05) is 39.3 Å². The summed E-state index contributed by atoms with van der Waals surface area (Å²) < 4.78 is 0. The SMILES string of the molecule is CCCCNC(=O)CN1CCN(C(=O)C(C)Sc2ccccc2)CC1. The maximum absolute atomic E-state index is 12.6. The summed E-state index contributed by atoms with van der Waals surface area (Å²) in [5.74, 6) is 0.266. The van der Waals surface area contributed by atoms with Crippen LogP contribution < -0.4 is 5.32 Å². The van der Waals surface area contributed by atoms with Crippen LogP contribution in [0.25, 0.3) is 0 Å². The zero-order valence-corrected chi connectivity index (χ0v) is 16.1. The topological polar surface area (TPSA) is 52.7 Å². The lowest BCUT2D eigenvalue weighted by Gasteiger charge is -2.35. The summed E-state index contributed by atoms with van der Waals surface area (Å²) in [5.41, 5.74) is 0. The summed E-state index contributed by atoms with van der Waals surface area (Å²) in [7, 11) is 0. The number of hydrogen-bond donors (Lipinski definition) is 1. The monoisotopic (exact) mass is 363 g/mol. The number of rotatable bonds is 8. The van der Waals surface area contributed by atoms with Crippen LogP contribution in [0.15, 0.2) is 35.2 Å². The van der Waals surface area contributed by atoms with E-state index in [4.69, 9.17) is 0 Å². The van der Waals surface area contributed by atoms with Crippen LogP contribution in [0.1, 0.15) is 26.7 Å². The minimum absolute atomic E-state index is 0.0845. The molecule has 0 spiro atoms. The van der Waals surface area contributed by atoms with Crippen molar-refractivity contribution in [3.05, 3.63) is 30.3 Å². The van der Waals surface area contributed by atoms with Gasteiger partial charge in [0.1, 0.15) is 0 Å². The third kappa shape index (κ3) is 6.71. The molecule has 1 aromatic rings. The fourth-order valence-electron chi connectivity index (χ4n) is 2.80. The first-order chi connectivity index (χ1) is 12.1. The van der Waals surface area contributed by atoms with E-state index in [-0.39, 0.29) is 17.1 Å². The van der Waals surface area contributed by atoms with Gasteiger partial charge >= 0.3 is 0 Å². The fraction of sp³-hybridized carbons (Fsp3) is 0.579. The van der Waals surface area contributed by atoms with Gasteiger partial charge in [-0.05, 0) is 25.5 Å². The van der Waals surface area contributed by atoms with Gasteiger partial charge in [0.15, 0.2) is 0 Å². The van der Waals surface area contributed by atoms with Gasteiger partial charge < -0.3 is 10.2 Å². The molecule has 0 aliphatic carbocycles. The van der Waals surface area contributed by atoms with E-state index in [2.05, 4.69) is 17.1 Å². The predicted molar refractivity (Wildman–Crippen MR) is 103 cm³/mol. The molecule has 1 N–H and O–H groups in total. The van der Waals surface area contributed by atoms with Crippen LogP contribution in [0.3, 0.4) is 0 Å². The van der Waals surface area contributed by atoms with Crippen molar-refractivity contribution < 1.29 is 9.59 Å². The second kappa shape index (κ2) is 10.5. The van der Waals surface area contributed by atoms with Gasteiger partial charge in [-0.2, -0.15) is 0 Å². The molecule has 6 heteroatoms. The highest BCUT2D eigenvalue weighted by atomic mass is 32.2. The van der Waals surface area contributed by atoms with E-state index in [9.17, 15) is 9.59 Å². The Morgan fingerprint density at radius 1 is 1.16 bits per heavy atom. The van der Waals surface area contributed by atoms with Crippen molar-refractivity contribution in [1.29, 1.82) is 0 Å². The molecule has 138 valence electrons. The quantitative estimate of drug-likeness (QED) is 0.568. The number of nitrogens with one attached hydrogen (secondary N) is 1. The number of carbonyl (C=O) groups is 2. The zero-order chi connectivity index (χ0) is 18.1. The minimum atomic E-state index is -0.0914. The second-order valence-electron chi connectivity index (χ2n) is 6.38. The molecule has 2 amide bonds. The highest BCUT2D eigenvalue weighted by Gasteiger charge is 2.26. The van der Waals surface area contributed by atoms with Crippen molar-refractivity contribution >= 4 is 23.6 Å². The third-order valence-corrected chi connectivity index (χ3v) is 5.41. The molecular weight excluding hydrogens is 334 g/mol.